The van der Waals surface area contributed by atoms with Crippen molar-refractivity contribution in [2.75, 3.05) is 30.9 Å². The van der Waals surface area contributed by atoms with E-state index in [1.54, 1.807) is 0 Å². The Hall–Kier alpha value is -2.34. The van der Waals surface area contributed by atoms with Crippen molar-refractivity contribution in [1.29, 1.82) is 0 Å². The zero-order valence-electron chi connectivity index (χ0n) is 21.8. The molecule has 0 unspecified atom stereocenters. The molecule has 2 aliphatic carbocycles. The van der Waals surface area contributed by atoms with Crippen LogP contribution in [-0.2, 0) is 12.8 Å². The van der Waals surface area contributed by atoms with Gasteiger partial charge in [-0.3, -0.25) is 0 Å². The third kappa shape index (κ3) is 6.57. The van der Waals surface area contributed by atoms with Crippen molar-refractivity contribution < 1.29 is 0 Å². The first-order chi connectivity index (χ1) is 18.0. The van der Waals surface area contributed by atoms with Gasteiger partial charge in [0.25, 0.3) is 0 Å². The van der Waals surface area contributed by atoms with Crippen molar-refractivity contribution >= 4 is 35.0 Å². The molecule has 2 aromatic carbocycles. The minimum atomic E-state index is 0.249. The Balaban J connectivity index is 1.20. The fraction of sp³-hybridized carbons (Fsp3) is 0.467. The summed E-state index contributed by atoms with van der Waals surface area (Å²) in [6.45, 7) is 0.881. The van der Waals surface area contributed by atoms with Gasteiger partial charge in [-0.2, -0.15) is 4.98 Å². The minimum absolute atomic E-state index is 0.249. The first-order valence-electron chi connectivity index (χ1n) is 13.5. The van der Waals surface area contributed by atoms with Gasteiger partial charge < -0.3 is 15.5 Å². The lowest BCUT2D eigenvalue weighted by Gasteiger charge is -2.32. The number of fused-ring (bicyclic) bond motifs is 1. The number of halogens is 2. The summed E-state index contributed by atoms with van der Waals surface area (Å²) in [5.41, 5.74) is 5.09. The maximum absolute atomic E-state index is 6.16. The Morgan fingerprint density at radius 3 is 1.97 bits per heavy atom. The van der Waals surface area contributed by atoms with Crippen molar-refractivity contribution in [2.24, 2.45) is 0 Å². The fourth-order valence-electron chi connectivity index (χ4n) is 5.74. The topological polar surface area (TPSA) is 53.1 Å². The SMILES string of the molecule is CN(C)c1nc(NC2CCC(NCC(c3ccc(Cl)cc3)c3ccc(Cl)cc3)CC2)nc2c1CCCC2. The molecule has 7 heteroatoms. The van der Waals surface area contributed by atoms with Gasteiger partial charge in [0.05, 0.1) is 5.69 Å². The van der Waals surface area contributed by atoms with Crippen molar-refractivity contribution in [3.8, 4) is 0 Å². The average molecular weight is 539 g/mol. The molecule has 37 heavy (non-hydrogen) atoms. The van der Waals surface area contributed by atoms with E-state index in [-0.39, 0.29) is 5.92 Å². The van der Waals surface area contributed by atoms with Crippen molar-refractivity contribution in [2.45, 2.75) is 69.4 Å². The number of aryl methyl sites for hydroxylation is 1. The van der Waals surface area contributed by atoms with Crippen LogP contribution in [0.1, 0.15) is 66.8 Å². The third-order valence-electron chi connectivity index (χ3n) is 7.80. The molecule has 0 atom stereocenters. The van der Waals surface area contributed by atoms with Crippen LogP contribution in [0.5, 0.6) is 0 Å². The van der Waals surface area contributed by atoms with E-state index in [1.165, 1.54) is 35.2 Å². The zero-order valence-corrected chi connectivity index (χ0v) is 23.3. The van der Waals surface area contributed by atoms with E-state index in [0.717, 1.165) is 66.9 Å². The lowest BCUT2D eigenvalue weighted by molar-refractivity contribution is 0.350. The van der Waals surface area contributed by atoms with Gasteiger partial charge in [0.1, 0.15) is 5.82 Å². The zero-order chi connectivity index (χ0) is 25.8. The summed E-state index contributed by atoms with van der Waals surface area (Å²) in [4.78, 5) is 12.0. The number of hydrogen-bond donors (Lipinski definition) is 2. The molecule has 0 radical (unpaired) electrons. The second-order valence-corrected chi connectivity index (χ2v) is 11.5. The van der Waals surface area contributed by atoms with E-state index in [9.17, 15) is 0 Å². The molecular weight excluding hydrogens is 501 g/mol. The van der Waals surface area contributed by atoms with E-state index < -0.39 is 0 Å². The summed E-state index contributed by atoms with van der Waals surface area (Å²) in [5, 5.41) is 9.06. The van der Waals surface area contributed by atoms with Gasteiger partial charge in [-0.15, -0.1) is 0 Å². The highest BCUT2D eigenvalue weighted by Crippen LogP contribution is 2.30. The normalized spacial score (nSPS) is 19.5. The number of benzene rings is 2. The summed E-state index contributed by atoms with van der Waals surface area (Å²) in [6.07, 6.45) is 9.11. The van der Waals surface area contributed by atoms with Crippen LogP contribution in [0.4, 0.5) is 11.8 Å². The van der Waals surface area contributed by atoms with Gasteiger partial charge in [-0.25, -0.2) is 4.98 Å². The van der Waals surface area contributed by atoms with Gasteiger partial charge >= 0.3 is 0 Å². The highest BCUT2D eigenvalue weighted by molar-refractivity contribution is 6.30. The minimum Gasteiger partial charge on any atom is -0.362 e. The molecule has 5 nitrogen and oxygen atoms in total. The van der Waals surface area contributed by atoms with E-state index >= 15 is 0 Å². The smallest absolute Gasteiger partial charge is 0.225 e. The first kappa shape index (κ1) is 26.3. The number of aromatic nitrogens is 2. The quantitative estimate of drug-likeness (QED) is 0.328. The molecule has 0 saturated heterocycles. The number of hydrogen-bond acceptors (Lipinski definition) is 5. The molecule has 2 N–H and O–H groups in total. The average Bonchev–Trinajstić information content (AvgIpc) is 2.91. The van der Waals surface area contributed by atoms with Crippen LogP contribution in [0.2, 0.25) is 10.0 Å². The monoisotopic (exact) mass is 537 g/mol. The lowest BCUT2D eigenvalue weighted by Crippen LogP contribution is -2.39. The molecule has 0 spiro atoms. The molecule has 1 heterocycles. The van der Waals surface area contributed by atoms with E-state index in [4.69, 9.17) is 33.2 Å². The number of anilines is 2. The van der Waals surface area contributed by atoms with Crippen molar-refractivity contribution in [1.82, 2.24) is 15.3 Å². The van der Waals surface area contributed by atoms with Crippen LogP contribution in [0.25, 0.3) is 0 Å². The summed E-state index contributed by atoms with van der Waals surface area (Å²) in [6, 6.07) is 17.3. The molecule has 1 saturated carbocycles. The largest absolute Gasteiger partial charge is 0.362 e. The number of nitrogens with zero attached hydrogens (tertiary/aromatic N) is 3. The Bertz CT molecular complexity index is 1130. The molecule has 2 aliphatic rings. The van der Waals surface area contributed by atoms with Gasteiger partial charge in [0.2, 0.25) is 5.95 Å². The molecule has 5 rings (SSSR count). The second kappa shape index (κ2) is 12.0. The van der Waals surface area contributed by atoms with Crippen LogP contribution in [0.15, 0.2) is 48.5 Å². The molecule has 1 aromatic heterocycles. The van der Waals surface area contributed by atoms with E-state index in [0.29, 0.717) is 12.1 Å². The molecule has 196 valence electrons. The highest BCUT2D eigenvalue weighted by atomic mass is 35.5. The Labute approximate surface area is 231 Å². The van der Waals surface area contributed by atoms with Gasteiger partial charge in [0, 0.05) is 54.3 Å². The van der Waals surface area contributed by atoms with Gasteiger partial charge in [-0.1, -0.05) is 47.5 Å². The molecule has 3 aromatic rings. The summed E-state index contributed by atoms with van der Waals surface area (Å²) < 4.78 is 0. The Morgan fingerprint density at radius 1 is 0.811 bits per heavy atom. The Kier molecular flexibility index (Phi) is 8.53. The standard InChI is InChI=1S/C30H37Cl2N5/c1-37(2)29-26-5-3-4-6-28(26)35-30(36-29)34-25-17-15-24(16-18-25)33-19-27(20-7-11-22(31)12-8-20)21-9-13-23(32)14-10-21/h7-14,24-25,27,33H,3-6,15-19H2,1-2H3,(H,34,35,36). The number of nitrogens with one attached hydrogen (secondary N) is 2. The predicted molar refractivity (Wildman–Crippen MR) is 155 cm³/mol. The molecular formula is C30H37Cl2N5. The first-order valence-corrected chi connectivity index (χ1v) is 14.3. The Morgan fingerprint density at radius 2 is 1.38 bits per heavy atom. The van der Waals surface area contributed by atoms with Crippen LogP contribution < -0.4 is 15.5 Å². The van der Waals surface area contributed by atoms with Gasteiger partial charge in [0.15, 0.2) is 0 Å². The molecule has 1 fully saturated rings. The van der Waals surface area contributed by atoms with Crippen LogP contribution in [-0.4, -0.2) is 42.7 Å². The van der Waals surface area contributed by atoms with Crippen molar-refractivity contribution in [3.05, 3.63) is 81.0 Å². The highest BCUT2D eigenvalue weighted by Gasteiger charge is 2.25. The maximum atomic E-state index is 6.16. The molecule has 0 aliphatic heterocycles. The summed E-state index contributed by atoms with van der Waals surface area (Å²) in [7, 11) is 4.17. The van der Waals surface area contributed by atoms with E-state index in [2.05, 4.69) is 53.9 Å². The van der Waals surface area contributed by atoms with Gasteiger partial charge in [-0.05, 0) is 86.8 Å². The van der Waals surface area contributed by atoms with Crippen LogP contribution >= 0.6 is 23.2 Å². The lowest BCUT2D eigenvalue weighted by atomic mass is 9.88. The maximum Gasteiger partial charge on any atom is 0.225 e. The predicted octanol–water partition coefficient (Wildman–Crippen LogP) is 6.87. The molecule has 0 bridgehead atoms. The van der Waals surface area contributed by atoms with Crippen LogP contribution in [0, 0.1) is 0 Å². The summed E-state index contributed by atoms with van der Waals surface area (Å²) >= 11 is 12.3. The fourth-order valence-corrected chi connectivity index (χ4v) is 5.99. The number of rotatable bonds is 8. The van der Waals surface area contributed by atoms with Crippen LogP contribution in [0.3, 0.4) is 0 Å². The summed E-state index contributed by atoms with van der Waals surface area (Å²) in [5.74, 6) is 2.13. The second-order valence-electron chi connectivity index (χ2n) is 10.7. The third-order valence-corrected chi connectivity index (χ3v) is 8.30. The van der Waals surface area contributed by atoms with E-state index in [1.807, 2.05) is 24.3 Å². The molecule has 0 amide bonds. The van der Waals surface area contributed by atoms with Crippen molar-refractivity contribution in [3.63, 3.8) is 0 Å².